The number of alkyl halides is 1. The van der Waals surface area contributed by atoms with Crippen molar-refractivity contribution < 1.29 is 13.9 Å². The maximum absolute atomic E-state index is 13.0. The van der Waals surface area contributed by atoms with E-state index < -0.39 is 6.67 Å². The summed E-state index contributed by atoms with van der Waals surface area (Å²) in [6, 6.07) is 12.1. The number of carbonyl (C=O) groups is 1. The molecular weight excluding hydrogens is 305 g/mol. The van der Waals surface area contributed by atoms with E-state index >= 15 is 0 Å². The third-order valence-electron chi connectivity index (χ3n) is 3.39. The number of rotatable bonds is 3. The number of amides is 1. The number of nitrogens with one attached hydrogen (secondary N) is 1. The van der Waals surface area contributed by atoms with Gasteiger partial charge in [-0.25, -0.2) is 4.39 Å². The molecule has 22 heavy (non-hydrogen) atoms. The molecule has 3 nitrogen and oxygen atoms in total. The molecule has 112 valence electrons. The third kappa shape index (κ3) is 2.83. The van der Waals surface area contributed by atoms with Crippen molar-refractivity contribution in [1.29, 1.82) is 0 Å². The fraction of sp³-hybridized carbons (Fsp3) is 0.118. The molecule has 2 aromatic rings. The van der Waals surface area contributed by atoms with E-state index in [-0.39, 0.29) is 5.91 Å². The van der Waals surface area contributed by atoms with Crippen molar-refractivity contribution in [2.75, 3.05) is 6.61 Å². The summed E-state index contributed by atoms with van der Waals surface area (Å²) in [5.41, 5.74) is 2.15. The second-order valence-electron chi connectivity index (χ2n) is 4.82. The lowest BCUT2D eigenvalue weighted by molar-refractivity contribution is 0.0973. The first-order chi connectivity index (χ1) is 10.7. The molecule has 0 atom stereocenters. The average molecular weight is 318 g/mol. The predicted octanol–water partition coefficient (Wildman–Crippen LogP) is 3.97. The molecule has 0 saturated carbocycles. The second-order valence-corrected chi connectivity index (χ2v) is 5.23. The van der Waals surface area contributed by atoms with Crippen molar-refractivity contribution in [3.05, 3.63) is 70.3 Å². The molecule has 0 unspecified atom stereocenters. The topological polar surface area (TPSA) is 38.3 Å². The summed E-state index contributed by atoms with van der Waals surface area (Å²) in [4.78, 5) is 12.3. The van der Waals surface area contributed by atoms with Crippen molar-refractivity contribution in [3.8, 4) is 5.75 Å². The Balaban J connectivity index is 1.91. The molecule has 1 aliphatic heterocycles. The molecule has 0 fully saturated rings. The molecule has 2 aromatic carbocycles. The molecule has 0 aliphatic carbocycles. The molecule has 1 aliphatic rings. The van der Waals surface area contributed by atoms with Crippen LogP contribution in [-0.2, 0) is 6.67 Å². The summed E-state index contributed by atoms with van der Waals surface area (Å²) in [6.07, 6.45) is 1.75. The quantitative estimate of drug-likeness (QED) is 0.930. The van der Waals surface area contributed by atoms with E-state index in [0.29, 0.717) is 39.8 Å². The van der Waals surface area contributed by atoms with Crippen LogP contribution in [0.5, 0.6) is 5.75 Å². The predicted molar refractivity (Wildman–Crippen MR) is 83.6 cm³/mol. The van der Waals surface area contributed by atoms with Crippen LogP contribution in [-0.4, -0.2) is 12.5 Å². The van der Waals surface area contributed by atoms with Gasteiger partial charge in [-0.05, 0) is 30.3 Å². The van der Waals surface area contributed by atoms with Gasteiger partial charge in [0.15, 0.2) is 0 Å². The van der Waals surface area contributed by atoms with Crippen LogP contribution >= 0.6 is 11.6 Å². The van der Waals surface area contributed by atoms with Gasteiger partial charge >= 0.3 is 0 Å². The molecule has 0 saturated heterocycles. The first kappa shape index (κ1) is 14.6. The molecule has 1 N–H and O–H groups in total. The average Bonchev–Trinajstić information content (AvgIpc) is 2.55. The fourth-order valence-electron chi connectivity index (χ4n) is 2.26. The molecular formula is C17H13ClFNO2. The van der Waals surface area contributed by atoms with Crippen LogP contribution in [0.25, 0.3) is 5.70 Å². The summed E-state index contributed by atoms with van der Waals surface area (Å²) >= 11 is 5.98. The first-order valence-electron chi connectivity index (χ1n) is 6.77. The van der Waals surface area contributed by atoms with Gasteiger partial charge in [0.05, 0.1) is 10.7 Å². The number of benzene rings is 2. The van der Waals surface area contributed by atoms with Gasteiger partial charge in [-0.1, -0.05) is 29.8 Å². The molecule has 0 bridgehead atoms. The largest absolute Gasteiger partial charge is 0.489 e. The summed E-state index contributed by atoms with van der Waals surface area (Å²) in [7, 11) is 0. The number of hydrogen-bond donors (Lipinski definition) is 1. The highest BCUT2D eigenvalue weighted by Crippen LogP contribution is 2.34. The Bertz CT molecular complexity index is 744. The first-order valence-corrected chi connectivity index (χ1v) is 7.15. The van der Waals surface area contributed by atoms with Crippen molar-refractivity contribution >= 4 is 23.2 Å². The smallest absolute Gasteiger partial charge is 0.255 e. The molecule has 0 radical (unpaired) electrons. The monoisotopic (exact) mass is 317 g/mol. The number of ether oxygens (including phenoxy) is 1. The summed E-state index contributed by atoms with van der Waals surface area (Å²) < 4.78 is 18.5. The molecule has 1 heterocycles. The van der Waals surface area contributed by atoms with Crippen LogP contribution in [0.4, 0.5) is 4.39 Å². The molecule has 0 spiro atoms. The van der Waals surface area contributed by atoms with Crippen LogP contribution in [0, 0.1) is 0 Å². The number of hydrogen-bond acceptors (Lipinski definition) is 2. The van der Waals surface area contributed by atoms with E-state index in [4.69, 9.17) is 16.3 Å². The zero-order valence-corrected chi connectivity index (χ0v) is 12.4. The highest BCUT2D eigenvalue weighted by Gasteiger charge is 2.19. The second kappa shape index (κ2) is 6.20. The van der Waals surface area contributed by atoms with E-state index in [1.165, 1.54) is 0 Å². The minimum absolute atomic E-state index is 0.226. The Morgan fingerprint density at radius 2 is 2.05 bits per heavy atom. The Labute approximate surface area is 132 Å². The van der Waals surface area contributed by atoms with Crippen LogP contribution in [0.15, 0.2) is 48.5 Å². The standard InChI is InChI=1S/C17H13ClFNO2/c18-14-9-16-13(8-12(14)10-19)15(6-7-22-16)20-17(21)11-4-2-1-3-5-11/h1-6,8-9H,7,10H2,(H,20,21). The van der Waals surface area contributed by atoms with Crippen molar-refractivity contribution in [2.24, 2.45) is 0 Å². The summed E-state index contributed by atoms with van der Waals surface area (Å²) in [5, 5.41) is 3.16. The van der Waals surface area contributed by atoms with Gasteiger partial charge in [0, 0.05) is 16.7 Å². The lowest BCUT2D eigenvalue weighted by Gasteiger charge is -2.20. The van der Waals surface area contributed by atoms with Crippen LogP contribution < -0.4 is 10.1 Å². The number of fused-ring (bicyclic) bond motifs is 1. The highest BCUT2D eigenvalue weighted by molar-refractivity contribution is 6.31. The van der Waals surface area contributed by atoms with E-state index in [1.807, 2.05) is 6.07 Å². The van der Waals surface area contributed by atoms with E-state index in [2.05, 4.69) is 5.32 Å². The van der Waals surface area contributed by atoms with E-state index in [9.17, 15) is 9.18 Å². The molecule has 3 rings (SSSR count). The van der Waals surface area contributed by atoms with Gasteiger partial charge in [-0.15, -0.1) is 0 Å². The highest BCUT2D eigenvalue weighted by atomic mass is 35.5. The van der Waals surface area contributed by atoms with Gasteiger partial charge in [0.25, 0.3) is 5.91 Å². The lowest BCUT2D eigenvalue weighted by atomic mass is 10.0. The lowest BCUT2D eigenvalue weighted by Crippen LogP contribution is -2.24. The maximum atomic E-state index is 13.0. The van der Waals surface area contributed by atoms with Crippen molar-refractivity contribution in [3.63, 3.8) is 0 Å². The van der Waals surface area contributed by atoms with Gasteiger partial charge in [0.1, 0.15) is 19.0 Å². The van der Waals surface area contributed by atoms with E-state index in [1.54, 1.807) is 42.5 Å². The van der Waals surface area contributed by atoms with Gasteiger partial charge in [0.2, 0.25) is 0 Å². The zero-order chi connectivity index (χ0) is 15.5. The number of halogens is 2. The SMILES string of the molecule is O=C(NC1=CCOc2cc(Cl)c(CF)cc21)c1ccccc1. The Morgan fingerprint density at radius 1 is 1.27 bits per heavy atom. The molecule has 1 amide bonds. The van der Waals surface area contributed by atoms with Crippen molar-refractivity contribution in [2.45, 2.75) is 6.67 Å². The maximum Gasteiger partial charge on any atom is 0.255 e. The minimum Gasteiger partial charge on any atom is -0.489 e. The van der Waals surface area contributed by atoms with Gasteiger partial charge in [-0.2, -0.15) is 0 Å². The number of carbonyl (C=O) groups excluding carboxylic acids is 1. The molecule has 0 aromatic heterocycles. The fourth-order valence-corrected chi connectivity index (χ4v) is 2.46. The zero-order valence-electron chi connectivity index (χ0n) is 11.6. The normalized spacial score (nSPS) is 12.9. The Morgan fingerprint density at radius 3 is 2.77 bits per heavy atom. The molecule has 5 heteroatoms. The minimum atomic E-state index is -0.675. The van der Waals surface area contributed by atoms with E-state index in [0.717, 1.165) is 0 Å². The Hall–Kier alpha value is -2.33. The van der Waals surface area contributed by atoms with Crippen LogP contribution in [0.1, 0.15) is 21.5 Å². The van der Waals surface area contributed by atoms with Gasteiger partial charge in [-0.3, -0.25) is 4.79 Å². The summed E-state index contributed by atoms with van der Waals surface area (Å²) in [6.45, 7) is -0.352. The van der Waals surface area contributed by atoms with Crippen LogP contribution in [0.3, 0.4) is 0 Å². The van der Waals surface area contributed by atoms with Crippen LogP contribution in [0.2, 0.25) is 5.02 Å². The summed E-state index contributed by atoms with van der Waals surface area (Å²) in [5.74, 6) is 0.310. The Kier molecular flexibility index (Phi) is 4.11. The van der Waals surface area contributed by atoms with Gasteiger partial charge < -0.3 is 10.1 Å². The van der Waals surface area contributed by atoms with Crippen molar-refractivity contribution in [1.82, 2.24) is 5.32 Å². The third-order valence-corrected chi connectivity index (χ3v) is 3.75.